The van der Waals surface area contributed by atoms with Crippen molar-refractivity contribution in [1.82, 2.24) is 0 Å². The Balaban J connectivity index is 0.00000288. The first-order valence-corrected chi connectivity index (χ1v) is 7.51. The zero-order chi connectivity index (χ0) is 16.7. The molecule has 0 unspecified atom stereocenters. The molecule has 0 aromatic heterocycles. The molecule has 4 heteroatoms. The van der Waals surface area contributed by atoms with Crippen LogP contribution in [0.1, 0.15) is 36.0 Å². The van der Waals surface area contributed by atoms with Gasteiger partial charge in [0, 0.05) is 0 Å². The van der Waals surface area contributed by atoms with Gasteiger partial charge in [-0.2, -0.15) is 0 Å². The first-order valence-electron chi connectivity index (χ1n) is 7.51. The van der Waals surface area contributed by atoms with Gasteiger partial charge < -0.3 is 9.84 Å². The predicted molar refractivity (Wildman–Crippen MR) is 97.5 cm³/mol. The maximum absolute atomic E-state index is 10.9. The molecule has 0 saturated heterocycles. The number of aliphatic carboxylic acids is 1. The molecule has 2 rings (SSSR count). The van der Waals surface area contributed by atoms with Crippen LogP contribution < -0.4 is 4.74 Å². The fourth-order valence-corrected chi connectivity index (χ4v) is 2.33. The van der Waals surface area contributed by atoms with E-state index in [0.29, 0.717) is 6.61 Å². The van der Waals surface area contributed by atoms with E-state index in [0.717, 1.165) is 16.9 Å². The Morgan fingerprint density at radius 1 is 1.17 bits per heavy atom. The number of hydrogen-bond donors (Lipinski definition) is 1. The molecule has 0 radical (unpaired) electrons. The third-order valence-corrected chi connectivity index (χ3v) is 3.64. The van der Waals surface area contributed by atoms with Crippen LogP contribution in [0.25, 0.3) is 0 Å². The van der Waals surface area contributed by atoms with E-state index in [9.17, 15) is 4.79 Å². The molecule has 0 amide bonds. The van der Waals surface area contributed by atoms with Gasteiger partial charge in [0.05, 0.1) is 12.3 Å². The van der Waals surface area contributed by atoms with Crippen molar-refractivity contribution in [2.45, 2.75) is 32.8 Å². The van der Waals surface area contributed by atoms with Crippen molar-refractivity contribution < 1.29 is 14.6 Å². The molecule has 2 aromatic rings. The van der Waals surface area contributed by atoms with E-state index in [-0.39, 0.29) is 41.9 Å². The van der Waals surface area contributed by atoms with Gasteiger partial charge in [0.15, 0.2) is 0 Å². The van der Waals surface area contributed by atoms with Crippen molar-refractivity contribution in [2.24, 2.45) is 0 Å². The van der Waals surface area contributed by atoms with E-state index in [1.54, 1.807) is 6.92 Å². The quantitative estimate of drug-likeness (QED) is 0.650. The van der Waals surface area contributed by atoms with Crippen molar-refractivity contribution in [3.05, 3.63) is 65.2 Å². The van der Waals surface area contributed by atoms with Gasteiger partial charge in [-0.1, -0.05) is 42.3 Å². The van der Waals surface area contributed by atoms with E-state index in [2.05, 4.69) is 24.8 Å². The first-order chi connectivity index (χ1) is 11.1. The van der Waals surface area contributed by atoms with Crippen molar-refractivity contribution in [2.75, 3.05) is 0 Å². The molecule has 0 spiro atoms. The molecule has 1 atom stereocenters. The SMILES string of the molecule is CC#C[C@@H](CC(=O)O)c1ccc(OCc2ccccc2C)cc1.[NaH]. The maximum atomic E-state index is 10.9. The van der Waals surface area contributed by atoms with Crippen LogP contribution in [0.3, 0.4) is 0 Å². The topological polar surface area (TPSA) is 46.5 Å². The fourth-order valence-electron chi connectivity index (χ4n) is 2.33. The number of rotatable bonds is 6. The van der Waals surface area contributed by atoms with Gasteiger partial charge in [-0.15, -0.1) is 5.92 Å². The Labute approximate surface area is 165 Å². The van der Waals surface area contributed by atoms with E-state index < -0.39 is 5.97 Å². The number of carboxylic acids is 1. The molecule has 0 aliphatic heterocycles. The van der Waals surface area contributed by atoms with Crippen molar-refractivity contribution >= 4 is 35.5 Å². The van der Waals surface area contributed by atoms with Gasteiger partial charge in [-0.25, -0.2) is 0 Å². The van der Waals surface area contributed by atoms with Gasteiger partial charge in [0.1, 0.15) is 12.4 Å². The Kier molecular flexibility index (Phi) is 8.63. The number of carboxylic acid groups (broad SMARTS) is 1. The number of carbonyl (C=O) groups is 1. The van der Waals surface area contributed by atoms with Crippen LogP contribution in [0.2, 0.25) is 0 Å². The minimum atomic E-state index is -0.849. The summed E-state index contributed by atoms with van der Waals surface area (Å²) in [5, 5.41) is 8.97. The Bertz CT molecular complexity index is 727. The van der Waals surface area contributed by atoms with Gasteiger partial charge in [-0.05, 0) is 42.7 Å². The van der Waals surface area contributed by atoms with Crippen LogP contribution in [0, 0.1) is 18.8 Å². The number of benzene rings is 2. The van der Waals surface area contributed by atoms with E-state index in [4.69, 9.17) is 9.84 Å². The fraction of sp³-hybridized carbons (Fsp3) is 0.250. The predicted octanol–water partition coefficient (Wildman–Crippen LogP) is 3.51. The second-order valence-electron chi connectivity index (χ2n) is 5.33. The zero-order valence-corrected chi connectivity index (χ0v) is 13.4. The Morgan fingerprint density at radius 3 is 2.42 bits per heavy atom. The summed E-state index contributed by atoms with van der Waals surface area (Å²) in [6.45, 7) is 4.29. The van der Waals surface area contributed by atoms with Crippen LogP contribution in [-0.4, -0.2) is 40.6 Å². The summed E-state index contributed by atoms with van der Waals surface area (Å²) < 4.78 is 5.80. The standard InChI is InChI=1S/C20H20O3.Na.H/c1-3-6-17(13-20(21)22)16-9-11-19(12-10-16)23-14-18-8-5-4-7-15(18)2;;/h4-5,7-12,17H,13-14H2,1-2H3,(H,21,22);;/t17-;;/m0../s1. The van der Waals surface area contributed by atoms with Crippen LogP contribution in [0.15, 0.2) is 48.5 Å². The van der Waals surface area contributed by atoms with Gasteiger partial charge >= 0.3 is 35.5 Å². The molecule has 0 heterocycles. The van der Waals surface area contributed by atoms with Gasteiger partial charge in [0.25, 0.3) is 0 Å². The molecule has 1 N–H and O–H groups in total. The average molecular weight is 332 g/mol. The minimum absolute atomic E-state index is 0. The third-order valence-electron chi connectivity index (χ3n) is 3.64. The monoisotopic (exact) mass is 332 g/mol. The zero-order valence-electron chi connectivity index (χ0n) is 13.4. The molecule has 0 fully saturated rings. The first kappa shape index (κ1) is 20.3. The van der Waals surface area contributed by atoms with Gasteiger partial charge in [0.2, 0.25) is 0 Å². The molecular formula is C20H21NaO3. The average Bonchev–Trinajstić information content (AvgIpc) is 2.54. The molecule has 3 nitrogen and oxygen atoms in total. The van der Waals surface area contributed by atoms with Crippen molar-refractivity contribution in [1.29, 1.82) is 0 Å². The van der Waals surface area contributed by atoms with E-state index >= 15 is 0 Å². The molecule has 120 valence electrons. The second-order valence-corrected chi connectivity index (χ2v) is 5.33. The van der Waals surface area contributed by atoms with Crippen molar-refractivity contribution in [3.63, 3.8) is 0 Å². The molecule has 0 aliphatic carbocycles. The van der Waals surface area contributed by atoms with E-state index in [1.165, 1.54) is 5.56 Å². The summed E-state index contributed by atoms with van der Waals surface area (Å²) in [4.78, 5) is 10.9. The summed E-state index contributed by atoms with van der Waals surface area (Å²) in [6.07, 6.45) is 0.00422. The van der Waals surface area contributed by atoms with E-state index in [1.807, 2.05) is 42.5 Å². The molecule has 0 aliphatic rings. The van der Waals surface area contributed by atoms with Crippen LogP contribution in [-0.2, 0) is 11.4 Å². The second kappa shape index (κ2) is 10.2. The molecule has 0 saturated carbocycles. The molecule has 24 heavy (non-hydrogen) atoms. The Morgan fingerprint density at radius 2 is 1.83 bits per heavy atom. The summed E-state index contributed by atoms with van der Waals surface area (Å²) in [5.74, 6) is 5.36. The number of aryl methyl sites for hydroxylation is 1. The summed E-state index contributed by atoms with van der Waals surface area (Å²) in [5.41, 5.74) is 3.24. The van der Waals surface area contributed by atoms with Gasteiger partial charge in [-0.3, -0.25) is 4.79 Å². The number of hydrogen-bond acceptors (Lipinski definition) is 2. The van der Waals surface area contributed by atoms with Crippen LogP contribution >= 0.6 is 0 Å². The number of ether oxygens (including phenoxy) is 1. The summed E-state index contributed by atoms with van der Waals surface area (Å²) in [7, 11) is 0. The summed E-state index contributed by atoms with van der Waals surface area (Å²) in [6, 6.07) is 15.6. The van der Waals surface area contributed by atoms with Crippen molar-refractivity contribution in [3.8, 4) is 17.6 Å². The molecule has 0 bridgehead atoms. The summed E-state index contributed by atoms with van der Waals surface area (Å²) >= 11 is 0. The molecular weight excluding hydrogens is 311 g/mol. The van der Waals surface area contributed by atoms with Crippen LogP contribution in [0.5, 0.6) is 5.75 Å². The molecule has 2 aromatic carbocycles. The normalized spacial score (nSPS) is 10.8. The Hall–Kier alpha value is -1.73. The third kappa shape index (κ3) is 6.05. The van der Waals surface area contributed by atoms with Crippen LogP contribution in [0.4, 0.5) is 0 Å².